The number of hydrogen-bond donors (Lipinski definition) is 1. The van der Waals surface area contributed by atoms with Gasteiger partial charge < -0.3 is 9.84 Å². The van der Waals surface area contributed by atoms with Crippen LogP contribution in [0.15, 0.2) is 6.20 Å². The number of nitrogens with zero attached hydrogens (tertiary/aromatic N) is 2. The minimum atomic E-state index is -4.24. The maximum Gasteiger partial charge on any atom is 0.339 e. The molecule has 21 heavy (non-hydrogen) atoms. The predicted molar refractivity (Wildman–Crippen MR) is 63.6 cm³/mol. The quantitative estimate of drug-likeness (QED) is 0.747. The van der Waals surface area contributed by atoms with E-state index < -0.39 is 31.5 Å². The second-order valence-electron chi connectivity index (χ2n) is 4.26. The van der Waals surface area contributed by atoms with Crippen molar-refractivity contribution < 1.29 is 32.2 Å². The summed E-state index contributed by atoms with van der Waals surface area (Å²) in [6.45, 7) is -0.149. The maximum atomic E-state index is 12.6. The molecule has 0 radical (unpaired) electrons. The minimum Gasteiger partial charge on any atom is -0.478 e. The summed E-state index contributed by atoms with van der Waals surface area (Å²) in [7, 11) is 0. The van der Waals surface area contributed by atoms with Crippen LogP contribution in [0.1, 0.15) is 35.2 Å². The SMILES string of the molecule is CCCc1nc(COCC(F)(F)C(F)F)ncc1C(=O)O. The molecule has 0 amide bonds. The molecule has 0 aromatic carbocycles. The molecule has 0 spiro atoms. The van der Waals surface area contributed by atoms with Gasteiger partial charge in [0.2, 0.25) is 0 Å². The first-order valence-electron chi connectivity index (χ1n) is 6.09. The molecular weight excluding hydrogens is 296 g/mol. The van der Waals surface area contributed by atoms with E-state index in [1.54, 1.807) is 0 Å². The highest BCUT2D eigenvalue weighted by atomic mass is 19.3. The lowest BCUT2D eigenvalue weighted by molar-refractivity contribution is -0.168. The van der Waals surface area contributed by atoms with Gasteiger partial charge in [0.1, 0.15) is 13.2 Å². The Hall–Kier alpha value is -1.77. The summed E-state index contributed by atoms with van der Waals surface area (Å²) in [5.74, 6) is -5.48. The zero-order valence-electron chi connectivity index (χ0n) is 11.2. The molecule has 1 N–H and O–H groups in total. The second kappa shape index (κ2) is 7.30. The van der Waals surface area contributed by atoms with E-state index in [2.05, 4.69) is 14.7 Å². The summed E-state index contributed by atoms with van der Waals surface area (Å²) < 4.78 is 53.6. The topological polar surface area (TPSA) is 72.3 Å². The Balaban J connectivity index is 2.72. The molecule has 5 nitrogen and oxygen atoms in total. The molecule has 1 heterocycles. The van der Waals surface area contributed by atoms with Gasteiger partial charge in [-0.25, -0.2) is 23.5 Å². The summed E-state index contributed by atoms with van der Waals surface area (Å²) in [6.07, 6.45) is -1.78. The van der Waals surface area contributed by atoms with E-state index in [-0.39, 0.29) is 17.1 Å². The number of aromatic nitrogens is 2. The molecule has 1 aromatic rings. The first kappa shape index (κ1) is 17.3. The van der Waals surface area contributed by atoms with Crippen LogP contribution in [0, 0.1) is 0 Å². The fourth-order valence-corrected chi connectivity index (χ4v) is 1.48. The average Bonchev–Trinajstić information content (AvgIpc) is 2.38. The Morgan fingerprint density at radius 2 is 2.14 bits per heavy atom. The minimum absolute atomic E-state index is 0.0338. The van der Waals surface area contributed by atoms with Crippen LogP contribution < -0.4 is 0 Å². The van der Waals surface area contributed by atoms with Crippen LogP contribution >= 0.6 is 0 Å². The highest BCUT2D eigenvalue weighted by Gasteiger charge is 2.41. The van der Waals surface area contributed by atoms with E-state index in [0.29, 0.717) is 12.8 Å². The first-order chi connectivity index (χ1) is 9.77. The molecular formula is C12H14F4N2O3. The lowest BCUT2D eigenvalue weighted by Gasteiger charge is -2.15. The molecule has 0 fully saturated rings. The number of rotatable bonds is 8. The number of carboxylic acid groups (broad SMARTS) is 1. The molecule has 0 unspecified atom stereocenters. The number of carbonyl (C=O) groups is 1. The fraction of sp³-hybridized carbons (Fsp3) is 0.583. The van der Waals surface area contributed by atoms with Crippen LogP contribution in [0.3, 0.4) is 0 Å². The monoisotopic (exact) mass is 310 g/mol. The molecule has 0 saturated carbocycles. The summed E-state index contributed by atoms with van der Waals surface area (Å²) >= 11 is 0. The molecule has 0 atom stereocenters. The van der Waals surface area contributed by atoms with Gasteiger partial charge in [-0.15, -0.1) is 0 Å². The van der Waals surface area contributed by atoms with Crippen LogP contribution in [-0.4, -0.2) is 40.0 Å². The van der Waals surface area contributed by atoms with Crippen LogP contribution in [0.2, 0.25) is 0 Å². The molecule has 0 aliphatic carbocycles. The van der Waals surface area contributed by atoms with Crippen molar-refractivity contribution in [3.05, 3.63) is 23.3 Å². The molecule has 1 aromatic heterocycles. The summed E-state index contributed by atoms with van der Waals surface area (Å²) in [6, 6.07) is 0. The van der Waals surface area contributed by atoms with E-state index >= 15 is 0 Å². The number of aromatic carboxylic acids is 1. The molecule has 0 saturated heterocycles. The number of aryl methyl sites for hydroxylation is 1. The lowest BCUT2D eigenvalue weighted by atomic mass is 10.1. The van der Waals surface area contributed by atoms with E-state index in [9.17, 15) is 22.4 Å². The summed E-state index contributed by atoms with van der Waals surface area (Å²) in [5, 5.41) is 8.93. The zero-order valence-corrected chi connectivity index (χ0v) is 11.2. The van der Waals surface area contributed by atoms with Crippen molar-refractivity contribution in [1.29, 1.82) is 0 Å². The predicted octanol–water partition coefficient (Wildman–Crippen LogP) is 2.54. The molecule has 1 rings (SSSR count). The maximum absolute atomic E-state index is 12.6. The van der Waals surface area contributed by atoms with Crippen molar-refractivity contribution in [2.75, 3.05) is 6.61 Å². The van der Waals surface area contributed by atoms with Gasteiger partial charge in [0, 0.05) is 6.20 Å². The lowest BCUT2D eigenvalue weighted by Crippen LogP contribution is -2.32. The number of ether oxygens (including phenoxy) is 1. The van der Waals surface area contributed by atoms with Crippen molar-refractivity contribution in [3.63, 3.8) is 0 Å². The smallest absolute Gasteiger partial charge is 0.339 e. The zero-order chi connectivity index (χ0) is 16.0. The Morgan fingerprint density at radius 3 is 2.67 bits per heavy atom. The van der Waals surface area contributed by atoms with Crippen molar-refractivity contribution in [1.82, 2.24) is 9.97 Å². The number of carboxylic acids is 1. The Morgan fingerprint density at radius 1 is 1.48 bits per heavy atom. The van der Waals surface area contributed by atoms with E-state index in [1.165, 1.54) is 0 Å². The van der Waals surface area contributed by atoms with Crippen molar-refractivity contribution in [2.24, 2.45) is 0 Å². The van der Waals surface area contributed by atoms with Crippen LogP contribution in [0.5, 0.6) is 0 Å². The van der Waals surface area contributed by atoms with Gasteiger partial charge in [-0.2, -0.15) is 8.78 Å². The van der Waals surface area contributed by atoms with Gasteiger partial charge in [-0.3, -0.25) is 0 Å². The van der Waals surface area contributed by atoms with Gasteiger partial charge in [0.15, 0.2) is 5.82 Å². The Bertz CT molecular complexity index is 497. The first-order valence-corrected chi connectivity index (χ1v) is 6.09. The normalized spacial score (nSPS) is 11.9. The fourth-order valence-electron chi connectivity index (χ4n) is 1.48. The molecule has 0 aliphatic heterocycles. The number of halogens is 4. The van der Waals surface area contributed by atoms with Crippen molar-refractivity contribution in [2.45, 2.75) is 38.7 Å². The van der Waals surface area contributed by atoms with Crippen LogP contribution in [0.25, 0.3) is 0 Å². The second-order valence-corrected chi connectivity index (χ2v) is 4.26. The number of alkyl halides is 4. The molecule has 9 heteroatoms. The van der Waals surface area contributed by atoms with E-state index in [1.807, 2.05) is 6.92 Å². The number of hydrogen-bond acceptors (Lipinski definition) is 4. The van der Waals surface area contributed by atoms with Gasteiger partial charge >= 0.3 is 18.3 Å². The highest BCUT2D eigenvalue weighted by molar-refractivity contribution is 5.88. The molecule has 118 valence electrons. The standard InChI is InChI=1S/C12H14F4N2O3/c1-2-3-8-7(10(19)20)4-17-9(18-8)5-21-6-12(15,16)11(13)14/h4,11H,2-3,5-6H2,1H3,(H,19,20). The van der Waals surface area contributed by atoms with Crippen molar-refractivity contribution >= 4 is 5.97 Å². The third-order valence-corrected chi connectivity index (χ3v) is 2.48. The Kier molecular flexibility index (Phi) is 6.01. The van der Waals surface area contributed by atoms with Gasteiger partial charge in [-0.05, 0) is 6.42 Å². The molecule has 0 bridgehead atoms. The molecule has 0 aliphatic rings. The van der Waals surface area contributed by atoms with Crippen LogP contribution in [-0.2, 0) is 17.8 Å². The average molecular weight is 310 g/mol. The third kappa shape index (κ3) is 4.92. The van der Waals surface area contributed by atoms with E-state index in [0.717, 1.165) is 6.20 Å². The summed E-state index contributed by atoms with van der Waals surface area (Å²) in [5.41, 5.74) is 0.165. The third-order valence-electron chi connectivity index (χ3n) is 2.48. The van der Waals surface area contributed by atoms with Gasteiger partial charge in [0.05, 0.1) is 11.3 Å². The largest absolute Gasteiger partial charge is 0.478 e. The van der Waals surface area contributed by atoms with Crippen molar-refractivity contribution in [3.8, 4) is 0 Å². The van der Waals surface area contributed by atoms with Crippen LogP contribution in [0.4, 0.5) is 17.6 Å². The highest BCUT2D eigenvalue weighted by Crippen LogP contribution is 2.23. The summed E-state index contributed by atoms with van der Waals surface area (Å²) in [4.78, 5) is 18.5. The van der Waals surface area contributed by atoms with Gasteiger partial charge in [-0.1, -0.05) is 13.3 Å². The van der Waals surface area contributed by atoms with E-state index in [4.69, 9.17) is 5.11 Å². The Labute approximate surface area is 118 Å². The van der Waals surface area contributed by atoms with Gasteiger partial charge in [0.25, 0.3) is 0 Å².